The number of benzene rings is 2. The molecular formula is C25H25N5O4. The van der Waals surface area contributed by atoms with E-state index < -0.39 is 5.69 Å². The first-order valence-corrected chi connectivity index (χ1v) is 11.4. The second kappa shape index (κ2) is 8.40. The molecule has 34 heavy (non-hydrogen) atoms. The number of hydrogen-bond acceptors (Lipinski definition) is 5. The van der Waals surface area contributed by atoms with Gasteiger partial charge in [0, 0.05) is 24.2 Å². The van der Waals surface area contributed by atoms with Gasteiger partial charge < -0.3 is 5.32 Å². The van der Waals surface area contributed by atoms with Crippen molar-refractivity contribution < 1.29 is 9.59 Å². The molecule has 0 bridgehead atoms. The number of rotatable bonds is 5. The highest BCUT2D eigenvalue weighted by atomic mass is 16.2. The molecule has 2 aromatic carbocycles. The number of ketones is 1. The lowest BCUT2D eigenvalue weighted by molar-refractivity contribution is 0.0936. The summed E-state index contributed by atoms with van der Waals surface area (Å²) in [6.07, 6.45) is 4.08. The highest BCUT2D eigenvalue weighted by Gasteiger charge is 2.21. The first-order chi connectivity index (χ1) is 16.3. The fourth-order valence-corrected chi connectivity index (χ4v) is 4.54. The largest absolute Gasteiger partial charge is 0.352 e. The lowest BCUT2D eigenvalue weighted by Gasteiger charge is -2.12. The highest BCUT2D eigenvalue weighted by molar-refractivity contribution is 5.98. The molecule has 0 saturated heterocycles. The Balaban J connectivity index is 1.59. The van der Waals surface area contributed by atoms with E-state index in [1.165, 1.54) is 16.0 Å². The maximum Gasteiger partial charge on any atom is 0.352 e. The molecule has 0 unspecified atom stereocenters. The zero-order valence-electron chi connectivity index (χ0n) is 19.1. The number of Topliss-reactive ketones (excluding diaryl/α,β-unsaturated/α-hetero) is 1. The van der Waals surface area contributed by atoms with Crippen LogP contribution in [0, 0.1) is 6.92 Å². The van der Waals surface area contributed by atoms with Gasteiger partial charge in [0.2, 0.25) is 5.78 Å². The third-order valence-electron chi connectivity index (χ3n) is 6.52. The quantitative estimate of drug-likeness (QED) is 0.461. The summed E-state index contributed by atoms with van der Waals surface area (Å²) in [5.74, 6) is -0.401. The molecule has 1 fully saturated rings. The molecule has 5 rings (SSSR count). The summed E-state index contributed by atoms with van der Waals surface area (Å²) in [5, 5.41) is 7.59. The van der Waals surface area contributed by atoms with Crippen molar-refractivity contribution in [1.82, 2.24) is 24.1 Å². The van der Waals surface area contributed by atoms with E-state index in [4.69, 9.17) is 0 Å². The summed E-state index contributed by atoms with van der Waals surface area (Å²) < 4.78 is 3.61. The molecule has 1 aliphatic rings. The van der Waals surface area contributed by atoms with Crippen molar-refractivity contribution in [2.75, 3.05) is 0 Å². The third kappa shape index (κ3) is 3.72. The Labute approximate surface area is 194 Å². The number of aromatic nitrogens is 4. The molecule has 1 aliphatic carbocycles. The highest BCUT2D eigenvalue weighted by Crippen LogP contribution is 2.19. The number of aryl methyl sites for hydroxylation is 2. The predicted octanol–water partition coefficient (Wildman–Crippen LogP) is 2.21. The summed E-state index contributed by atoms with van der Waals surface area (Å²) in [6.45, 7) is 1.66. The molecule has 9 heteroatoms. The van der Waals surface area contributed by atoms with E-state index >= 15 is 0 Å². The van der Waals surface area contributed by atoms with Crippen molar-refractivity contribution >= 4 is 28.4 Å². The van der Waals surface area contributed by atoms with Crippen LogP contribution in [-0.4, -0.2) is 36.5 Å². The van der Waals surface area contributed by atoms with Crippen LogP contribution in [0.15, 0.2) is 52.1 Å². The van der Waals surface area contributed by atoms with Crippen LogP contribution >= 0.6 is 0 Å². The fraction of sp³-hybridized carbons (Fsp3) is 0.320. The minimum absolute atomic E-state index is 0.104. The standard InChI is InChI=1S/C25H25N5O4/c1-15-7-9-16(10-8-15)21(31)14-29-25(34)30-20-13-17(22(32)26-18-5-3-4-6-18)11-12-19(20)23(33)28(2)24(30)27-29/h7-13,18H,3-6,14H2,1-2H3,(H,26,32). The zero-order chi connectivity index (χ0) is 24.0. The van der Waals surface area contributed by atoms with Gasteiger partial charge in [-0.15, -0.1) is 5.10 Å². The molecule has 1 N–H and O–H groups in total. The second-order valence-electron chi connectivity index (χ2n) is 8.92. The number of hydrogen-bond donors (Lipinski definition) is 1. The summed E-state index contributed by atoms with van der Waals surface area (Å²) in [7, 11) is 1.52. The Morgan fingerprint density at radius 2 is 1.71 bits per heavy atom. The van der Waals surface area contributed by atoms with Gasteiger partial charge in [-0.25, -0.2) is 13.9 Å². The molecule has 174 valence electrons. The second-order valence-corrected chi connectivity index (χ2v) is 8.92. The molecule has 1 amide bonds. The third-order valence-corrected chi connectivity index (χ3v) is 6.52. The van der Waals surface area contributed by atoms with Crippen molar-refractivity contribution in [3.63, 3.8) is 0 Å². The van der Waals surface area contributed by atoms with Crippen LogP contribution in [0.2, 0.25) is 0 Å². The Bertz CT molecular complexity index is 1550. The van der Waals surface area contributed by atoms with Gasteiger partial charge in [-0.3, -0.25) is 19.0 Å². The van der Waals surface area contributed by atoms with Crippen LogP contribution in [0.1, 0.15) is 52.0 Å². The number of fused-ring (bicyclic) bond motifs is 3. The van der Waals surface area contributed by atoms with E-state index in [-0.39, 0.29) is 41.1 Å². The summed E-state index contributed by atoms with van der Waals surface area (Å²) in [6, 6.07) is 11.9. The van der Waals surface area contributed by atoms with E-state index in [9.17, 15) is 19.2 Å². The van der Waals surface area contributed by atoms with Gasteiger partial charge in [-0.05, 0) is 38.0 Å². The normalized spacial score (nSPS) is 14.2. The number of carbonyl (C=O) groups excluding carboxylic acids is 2. The SMILES string of the molecule is Cc1ccc(C(=O)Cn2nc3n(C)c(=O)c4ccc(C(=O)NC5CCCC5)cc4n3c2=O)cc1. The van der Waals surface area contributed by atoms with Crippen LogP contribution in [-0.2, 0) is 13.6 Å². The van der Waals surface area contributed by atoms with Crippen LogP contribution in [0.5, 0.6) is 0 Å². The Morgan fingerprint density at radius 3 is 2.41 bits per heavy atom. The smallest absolute Gasteiger partial charge is 0.349 e. The maximum absolute atomic E-state index is 13.3. The van der Waals surface area contributed by atoms with Crippen LogP contribution < -0.4 is 16.6 Å². The molecule has 2 heterocycles. The summed E-state index contributed by atoms with van der Waals surface area (Å²) >= 11 is 0. The Morgan fingerprint density at radius 1 is 1.03 bits per heavy atom. The van der Waals surface area contributed by atoms with Gasteiger partial charge in [0.05, 0.1) is 10.9 Å². The molecule has 0 radical (unpaired) electrons. The average Bonchev–Trinajstić information content (AvgIpc) is 3.45. The van der Waals surface area contributed by atoms with Crippen LogP contribution in [0.4, 0.5) is 0 Å². The fourth-order valence-electron chi connectivity index (χ4n) is 4.54. The number of amides is 1. The van der Waals surface area contributed by atoms with E-state index in [0.29, 0.717) is 16.5 Å². The molecule has 0 aliphatic heterocycles. The lowest BCUT2D eigenvalue weighted by Crippen LogP contribution is -2.32. The Hall–Kier alpha value is -4.01. The van der Waals surface area contributed by atoms with Crippen molar-refractivity contribution in [2.24, 2.45) is 7.05 Å². The molecular weight excluding hydrogens is 434 g/mol. The molecule has 9 nitrogen and oxygen atoms in total. The molecule has 0 spiro atoms. The van der Waals surface area contributed by atoms with E-state index in [0.717, 1.165) is 35.9 Å². The Kier molecular flexibility index (Phi) is 5.39. The predicted molar refractivity (Wildman–Crippen MR) is 127 cm³/mol. The minimum Gasteiger partial charge on any atom is -0.349 e. The first kappa shape index (κ1) is 21.8. The summed E-state index contributed by atoms with van der Waals surface area (Å²) in [4.78, 5) is 51.8. The number of nitrogens with zero attached hydrogens (tertiary/aromatic N) is 4. The summed E-state index contributed by atoms with van der Waals surface area (Å²) in [5.41, 5.74) is 1.26. The minimum atomic E-state index is -0.551. The number of carbonyl (C=O) groups is 2. The van der Waals surface area contributed by atoms with Gasteiger partial charge in [0.25, 0.3) is 11.5 Å². The molecule has 1 saturated carbocycles. The molecule has 0 atom stereocenters. The van der Waals surface area contributed by atoms with Gasteiger partial charge in [-0.1, -0.05) is 42.7 Å². The lowest BCUT2D eigenvalue weighted by atomic mass is 10.1. The number of nitrogens with one attached hydrogen (secondary N) is 1. The van der Waals surface area contributed by atoms with E-state index in [1.54, 1.807) is 30.3 Å². The van der Waals surface area contributed by atoms with Gasteiger partial charge >= 0.3 is 5.69 Å². The molecule has 4 aromatic rings. The zero-order valence-corrected chi connectivity index (χ0v) is 19.1. The first-order valence-electron chi connectivity index (χ1n) is 11.4. The van der Waals surface area contributed by atoms with Crippen molar-refractivity contribution in [2.45, 2.75) is 45.2 Å². The van der Waals surface area contributed by atoms with Crippen LogP contribution in [0.3, 0.4) is 0 Å². The van der Waals surface area contributed by atoms with Crippen molar-refractivity contribution in [3.8, 4) is 0 Å². The van der Waals surface area contributed by atoms with E-state index in [1.807, 2.05) is 19.1 Å². The molecule has 2 aromatic heterocycles. The monoisotopic (exact) mass is 459 g/mol. The van der Waals surface area contributed by atoms with Crippen molar-refractivity contribution in [1.29, 1.82) is 0 Å². The van der Waals surface area contributed by atoms with Gasteiger partial charge in [-0.2, -0.15) is 0 Å². The maximum atomic E-state index is 13.3. The van der Waals surface area contributed by atoms with Gasteiger partial charge in [0.1, 0.15) is 6.54 Å². The topological polar surface area (TPSA) is 107 Å². The van der Waals surface area contributed by atoms with Crippen LogP contribution in [0.25, 0.3) is 16.7 Å². The van der Waals surface area contributed by atoms with E-state index in [2.05, 4.69) is 10.4 Å². The average molecular weight is 460 g/mol. The van der Waals surface area contributed by atoms with Crippen molar-refractivity contribution in [3.05, 3.63) is 80.0 Å². The van der Waals surface area contributed by atoms with Gasteiger partial charge in [0.15, 0.2) is 5.78 Å².